The summed E-state index contributed by atoms with van der Waals surface area (Å²) in [4.78, 5) is 2.37. The molecule has 0 heterocycles. The Kier molecular flexibility index (Phi) is 5.51. The molecule has 1 atom stereocenters. The highest BCUT2D eigenvalue weighted by Crippen LogP contribution is 1.98. The van der Waals surface area contributed by atoms with E-state index in [0.717, 1.165) is 6.54 Å². The van der Waals surface area contributed by atoms with Crippen molar-refractivity contribution in [3.8, 4) is 0 Å². The highest BCUT2D eigenvalue weighted by molar-refractivity contribution is 4.68. The first-order valence-corrected chi connectivity index (χ1v) is 4.49. The summed E-state index contributed by atoms with van der Waals surface area (Å²) in [5, 5.41) is 3.30. The van der Waals surface area contributed by atoms with Gasteiger partial charge in [0, 0.05) is 20.1 Å². The van der Waals surface area contributed by atoms with Crippen LogP contribution in [0.15, 0.2) is 0 Å². The van der Waals surface area contributed by atoms with Gasteiger partial charge >= 0.3 is 0 Å². The molecule has 0 radical (unpaired) electrons. The van der Waals surface area contributed by atoms with E-state index in [1.807, 2.05) is 7.05 Å². The second kappa shape index (κ2) is 5.56. The molecule has 0 rings (SSSR count). The summed E-state index contributed by atoms with van der Waals surface area (Å²) in [5.41, 5.74) is 0. The van der Waals surface area contributed by atoms with Crippen molar-refractivity contribution < 1.29 is 1.43 Å². The topological polar surface area (TPSA) is 15.3 Å². The molecular weight excluding hydrogens is 136 g/mol. The van der Waals surface area contributed by atoms with Crippen molar-refractivity contribution in [1.82, 2.24) is 10.2 Å². The van der Waals surface area contributed by atoms with Crippen LogP contribution in [-0.2, 0) is 0 Å². The minimum Gasteiger partial charge on any atom is -0.316 e. The fraction of sp³-hybridized carbons (Fsp3) is 1.00. The van der Waals surface area contributed by atoms with E-state index in [-0.39, 0.29) is 1.43 Å². The molecule has 0 aromatic carbocycles. The van der Waals surface area contributed by atoms with Gasteiger partial charge in [0.15, 0.2) is 0 Å². The quantitative estimate of drug-likeness (QED) is 0.657. The predicted octanol–water partition coefficient (Wildman–Crippen LogP) is 1.57. The normalized spacial score (nSPS) is 14.5. The number of nitrogens with zero attached hydrogens (tertiary/aromatic N) is 1. The molecule has 70 valence electrons. The van der Waals surface area contributed by atoms with E-state index in [0.29, 0.717) is 12.1 Å². The molecule has 0 saturated heterocycles. The van der Waals surface area contributed by atoms with Crippen molar-refractivity contribution in [3.05, 3.63) is 0 Å². The lowest BCUT2D eigenvalue weighted by Gasteiger charge is -2.25. The fourth-order valence-corrected chi connectivity index (χ4v) is 0.983. The average molecular weight is 160 g/mol. The van der Waals surface area contributed by atoms with E-state index >= 15 is 0 Å². The van der Waals surface area contributed by atoms with E-state index in [9.17, 15) is 0 Å². The Balaban J connectivity index is 0. The van der Waals surface area contributed by atoms with E-state index < -0.39 is 0 Å². The Morgan fingerprint density at radius 1 is 1.45 bits per heavy atom. The first-order chi connectivity index (χ1) is 5.11. The maximum absolute atomic E-state index is 3.30. The average Bonchev–Trinajstić information content (AvgIpc) is 1.99. The summed E-state index contributed by atoms with van der Waals surface area (Å²) in [6, 6.07) is 1.29. The van der Waals surface area contributed by atoms with Gasteiger partial charge in [0.1, 0.15) is 0 Å². The fourth-order valence-electron chi connectivity index (χ4n) is 0.983. The molecule has 0 saturated carbocycles. The minimum absolute atomic E-state index is 0. The molecule has 0 spiro atoms. The summed E-state index contributed by atoms with van der Waals surface area (Å²) < 4.78 is 0. The molecule has 0 aromatic rings. The molecule has 1 N–H and O–H groups in total. The summed E-state index contributed by atoms with van der Waals surface area (Å²) in [6.45, 7) is 7.81. The van der Waals surface area contributed by atoms with Gasteiger partial charge in [0.2, 0.25) is 0 Å². The van der Waals surface area contributed by atoms with E-state index in [2.05, 4.69) is 38.0 Å². The molecule has 1 unspecified atom stereocenters. The molecule has 0 bridgehead atoms. The van der Waals surface area contributed by atoms with Gasteiger partial charge in [0.05, 0.1) is 0 Å². The van der Waals surface area contributed by atoms with Gasteiger partial charge in [-0.1, -0.05) is 6.92 Å². The molecular formula is C9H24N2. The zero-order valence-corrected chi connectivity index (χ0v) is 8.52. The highest BCUT2D eigenvalue weighted by atomic mass is 15.1. The van der Waals surface area contributed by atoms with Gasteiger partial charge in [0.25, 0.3) is 0 Å². The van der Waals surface area contributed by atoms with Crippen molar-refractivity contribution in [3.63, 3.8) is 0 Å². The first kappa shape index (κ1) is 10.9. The Bertz CT molecular complexity index is 92.5. The standard InChI is InChI=1S/C9H22N2.H2/c1-6-9(10-4)7-11(5)8(2)3;/h8-10H,6-7H2,1-5H3;1H. The molecule has 0 aromatic heterocycles. The zero-order valence-electron chi connectivity index (χ0n) is 8.52. The summed E-state index contributed by atoms with van der Waals surface area (Å²) in [7, 11) is 4.20. The third-order valence-corrected chi connectivity index (χ3v) is 2.29. The van der Waals surface area contributed by atoms with Crippen LogP contribution in [0.5, 0.6) is 0 Å². The van der Waals surface area contributed by atoms with Crippen molar-refractivity contribution in [1.29, 1.82) is 0 Å². The highest BCUT2D eigenvalue weighted by Gasteiger charge is 2.08. The van der Waals surface area contributed by atoms with Crippen molar-refractivity contribution in [2.75, 3.05) is 20.6 Å². The zero-order chi connectivity index (χ0) is 8.85. The number of likely N-dealkylation sites (N-methyl/N-ethyl adjacent to an activating group) is 2. The van der Waals surface area contributed by atoms with Crippen LogP contribution in [0, 0.1) is 0 Å². The minimum atomic E-state index is 0. The van der Waals surface area contributed by atoms with Crippen molar-refractivity contribution >= 4 is 0 Å². The lowest BCUT2D eigenvalue weighted by molar-refractivity contribution is 0.243. The van der Waals surface area contributed by atoms with E-state index in [1.165, 1.54) is 6.42 Å². The van der Waals surface area contributed by atoms with Crippen molar-refractivity contribution in [2.45, 2.75) is 39.3 Å². The van der Waals surface area contributed by atoms with E-state index in [1.54, 1.807) is 0 Å². The van der Waals surface area contributed by atoms with Crippen LogP contribution in [-0.4, -0.2) is 37.6 Å². The van der Waals surface area contributed by atoms with Gasteiger partial charge < -0.3 is 10.2 Å². The maximum atomic E-state index is 3.30. The second-order valence-electron chi connectivity index (χ2n) is 3.43. The maximum Gasteiger partial charge on any atom is 0.0189 e. The number of rotatable bonds is 5. The Morgan fingerprint density at radius 2 is 2.00 bits per heavy atom. The molecule has 2 nitrogen and oxygen atoms in total. The molecule has 0 aliphatic carbocycles. The molecule has 0 aliphatic heterocycles. The van der Waals surface area contributed by atoms with Crippen LogP contribution < -0.4 is 5.32 Å². The van der Waals surface area contributed by atoms with Gasteiger partial charge in [-0.3, -0.25) is 0 Å². The number of hydrogen-bond acceptors (Lipinski definition) is 2. The Labute approximate surface area is 72.5 Å². The summed E-state index contributed by atoms with van der Waals surface area (Å²) >= 11 is 0. The monoisotopic (exact) mass is 160 g/mol. The van der Waals surface area contributed by atoms with E-state index in [4.69, 9.17) is 0 Å². The van der Waals surface area contributed by atoms with Crippen LogP contribution in [0.25, 0.3) is 0 Å². The lowest BCUT2D eigenvalue weighted by atomic mass is 10.2. The van der Waals surface area contributed by atoms with Crippen LogP contribution in [0.1, 0.15) is 28.6 Å². The molecule has 11 heavy (non-hydrogen) atoms. The van der Waals surface area contributed by atoms with Crippen LogP contribution in [0.2, 0.25) is 0 Å². The molecule has 0 aliphatic rings. The lowest BCUT2D eigenvalue weighted by Crippen LogP contribution is -2.40. The van der Waals surface area contributed by atoms with Crippen LogP contribution in [0.4, 0.5) is 0 Å². The number of nitrogens with one attached hydrogen (secondary N) is 1. The van der Waals surface area contributed by atoms with Crippen LogP contribution in [0.3, 0.4) is 0 Å². The first-order valence-electron chi connectivity index (χ1n) is 4.49. The van der Waals surface area contributed by atoms with Crippen LogP contribution >= 0.6 is 0 Å². The molecule has 2 heteroatoms. The smallest absolute Gasteiger partial charge is 0.0189 e. The SMILES string of the molecule is CCC(CN(C)C(C)C)NC.[HH]. The summed E-state index contributed by atoms with van der Waals surface area (Å²) in [6.07, 6.45) is 1.20. The van der Waals surface area contributed by atoms with Gasteiger partial charge in [-0.2, -0.15) is 0 Å². The molecule has 0 amide bonds. The van der Waals surface area contributed by atoms with Crippen molar-refractivity contribution in [2.24, 2.45) is 0 Å². The van der Waals surface area contributed by atoms with Gasteiger partial charge in [-0.25, -0.2) is 0 Å². The third-order valence-electron chi connectivity index (χ3n) is 2.29. The third kappa shape index (κ3) is 4.38. The number of hydrogen-bond donors (Lipinski definition) is 1. The van der Waals surface area contributed by atoms with Gasteiger partial charge in [-0.05, 0) is 34.4 Å². The summed E-state index contributed by atoms with van der Waals surface area (Å²) in [5.74, 6) is 0. The Morgan fingerprint density at radius 3 is 2.27 bits per heavy atom. The largest absolute Gasteiger partial charge is 0.316 e. The Hall–Kier alpha value is -0.0800. The predicted molar refractivity (Wildman–Crippen MR) is 53.0 cm³/mol. The van der Waals surface area contributed by atoms with Gasteiger partial charge in [-0.15, -0.1) is 0 Å². The second-order valence-corrected chi connectivity index (χ2v) is 3.43. The molecule has 0 fully saturated rings.